The first-order chi connectivity index (χ1) is 20.0. The number of fused-ring (bicyclic) bond motifs is 2. The van der Waals surface area contributed by atoms with Gasteiger partial charge in [-0.2, -0.15) is 17.5 Å². The number of rotatable bonds is 5. The Balaban J connectivity index is 1.12. The summed E-state index contributed by atoms with van der Waals surface area (Å²) >= 11 is 0. The molecule has 0 saturated carbocycles. The lowest BCUT2D eigenvalue weighted by molar-refractivity contribution is -0.137. The van der Waals surface area contributed by atoms with Gasteiger partial charge >= 0.3 is 6.18 Å². The molecular weight excluding hydrogens is 567 g/mol. The molecule has 1 aromatic heterocycles. The predicted molar refractivity (Wildman–Crippen MR) is 154 cm³/mol. The molecule has 2 aromatic carbocycles. The molecule has 0 radical (unpaired) electrons. The first-order valence-electron chi connectivity index (χ1n) is 14.0. The van der Waals surface area contributed by atoms with Gasteiger partial charge in [-0.25, -0.2) is 13.4 Å². The SMILES string of the molecule is CN1CCC2(CC1)C(=O)Nc1ccc(-c3ccc(S(=O)(=O)N4CCC(Nc5ccc(C(F)(F)F)cn5)CC4)cc3)cc12. The number of anilines is 2. The smallest absolute Gasteiger partial charge is 0.367 e. The Labute approximate surface area is 243 Å². The first-order valence-corrected chi connectivity index (χ1v) is 15.4. The van der Waals surface area contributed by atoms with E-state index in [4.69, 9.17) is 0 Å². The number of halogens is 3. The zero-order chi connectivity index (χ0) is 29.7. The van der Waals surface area contributed by atoms with Crippen LogP contribution in [0.3, 0.4) is 0 Å². The summed E-state index contributed by atoms with van der Waals surface area (Å²) in [5, 5.41) is 6.16. The van der Waals surface area contributed by atoms with E-state index in [0.717, 1.165) is 60.6 Å². The summed E-state index contributed by atoms with van der Waals surface area (Å²) in [6.07, 6.45) is -1.14. The van der Waals surface area contributed by atoms with E-state index in [9.17, 15) is 26.4 Å². The maximum Gasteiger partial charge on any atom is 0.417 e. The van der Waals surface area contributed by atoms with Crippen molar-refractivity contribution in [3.63, 3.8) is 0 Å². The molecular formula is C30H32F3N5O3S. The quantitative estimate of drug-likeness (QED) is 0.431. The Bertz CT molecular complexity index is 1580. The number of likely N-dealkylation sites (tertiary alicyclic amines) is 1. The number of nitrogens with one attached hydrogen (secondary N) is 2. The molecule has 12 heteroatoms. The number of hydrogen-bond acceptors (Lipinski definition) is 6. The van der Waals surface area contributed by atoms with E-state index < -0.39 is 27.2 Å². The number of benzene rings is 2. The van der Waals surface area contributed by atoms with Crippen LogP contribution in [0.4, 0.5) is 24.7 Å². The summed E-state index contributed by atoms with van der Waals surface area (Å²) in [5.74, 6) is 0.382. The summed E-state index contributed by atoms with van der Waals surface area (Å²) in [4.78, 5) is 19.3. The highest BCUT2D eigenvalue weighted by molar-refractivity contribution is 7.89. The first kappa shape index (κ1) is 28.6. The molecule has 0 bridgehead atoms. The monoisotopic (exact) mass is 599 g/mol. The number of piperidine rings is 2. The highest BCUT2D eigenvalue weighted by Gasteiger charge is 2.48. The lowest BCUT2D eigenvalue weighted by Crippen LogP contribution is -2.45. The van der Waals surface area contributed by atoms with Crippen LogP contribution in [-0.4, -0.2) is 67.8 Å². The largest absolute Gasteiger partial charge is 0.417 e. The fraction of sp³-hybridized carbons (Fsp3) is 0.400. The van der Waals surface area contributed by atoms with Crippen molar-refractivity contribution in [2.75, 3.05) is 43.9 Å². The van der Waals surface area contributed by atoms with E-state index in [1.165, 1.54) is 10.4 Å². The van der Waals surface area contributed by atoms with Crippen molar-refractivity contribution >= 4 is 27.4 Å². The summed E-state index contributed by atoms with van der Waals surface area (Å²) < 4.78 is 66.6. The third-order valence-corrected chi connectivity index (χ3v) is 10.7. The van der Waals surface area contributed by atoms with Gasteiger partial charge in [0, 0.05) is 31.0 Å². The number of carbonyl (C=O) groups excluding carboxylic acids is 1. The molecule has 222 valence electrons. The van der Waals surface area contributed by atoms with Crippen LogP contribution in [0.25, 0.3) is 11.1 Å². The standard InChI is InChI=1S/C30H32F3N5O3S/c1-37-16-12-29(13-17-37)25-18-21(4-8-26(25)36-28(29)39)20-2-6-24(7-3-20)42(40,41)38-14-10-23(11-15-38)35-27-9-5-22(19-34-27)30(31,32)33/h2-9,18-19,23H,10-17H2,1H3,(H,34,35)(H,36,39). The van der Waals surface area contributed by atoms with E-state index in [0.29, 0.717) is 18.7 Å². The molecule has 2 saturated heterocycles. The predicted octanol–water partition coefficient (Wildman–Crippen LogP) is 4.95. The Morgan fingerprint density at radius 1 is 0.952 bits per heavy atom. The van der Waals surface area contributed by atoms with Gasteiger partial charge in [-0.05, 0) is 98.9 Å². The Morgan fingerprint density at radius 2 is 1.62 bits per heavy atom. The minimum atomic E-state index is -4.45. The molecule has 3 aliphatic rings. The maximum atomic E-state index is 13.4. The van der Waals surface area contributed by atoms with Crippen molar-refractivity contribution in [1.82, 2.24) is 14.2 Å². The Morgan fingerprint density at radius 3 is 2.24 bits per heavy atom. The third kappa shape index (κ3) is 5.27. The number of sulfonamides is 1. The van der Waals surface area contributed by atoms with Crippen molar-refractivity contribution in [1.29, 1.82) is 0 Å². The van der Waals surface area contributed by atoms with Gasteiger partial charge in [0.15, 0.2) is 0 Å². The van der Waals surface area contributed by atoms with Gasteiger partial charge in [0.1, 0.15) is 5.82 Å². The number of pyridine rings is 1. The molecule has 3 aromatic rings. The topological polar surface area (TPSA) is 94.6 Å². The van der Waals surface area contributed by atoms with Crippen molar-refractivity contribution < 1.29 is 26.4 Å². The van der Waals surface area contributed by atoms with Crippen LogP contribution >= 0.6 is 0 Å². The van der Waals surface area contributed by atoms with Crippen molar-refractivity contribution in [3.05, 3.63) is 71.9 Å². The minimum absolute atomic E-state index is 0.0544. The van der Waals surface area contributed by atoms with E-state index in [1.54, 1.807) is 24.3 Å². The Kier molecular flexibility index (Phi) is 7.27. The number of nitrogens with zero attached hydrogens (tertiary/aromatic N) is 3. The van der Waals surface area contributed by atoms with E-state index >= 15 is 0 Å². The van der Waals surface area contributed by atoms with Crippen molar-refractivity contribution in [2.24, 2.45) is 0 Å². The highest BCUT2D eigenvalue weighted by atomic mass is 32.2. The number of hydrogen-bond donors (Lipinski definition) is 2. The van der Waals surface area contributed by atoms with Crippen molar-refractivity contribution in [2.45, 2.75) is 48.2 Å². The van der Waals surface area contributed by atoms with Crippen LogP contribution in [-0.2, 0) is 26.4 Å². The molecule has 1 spiro atoms. The van der Waals surface area contributed by atoms with E-state index in [-0.39, 0.29) is 29.9 Å². The minimum Gasteiger partial charge on any atom is -0.367 e. The van der Waals surface area contributed by atoms with Gasteiger partial charge in [0.05, 0.1) is 15.9 Å². The molecule has 1 amide bonds. The normalized spacial score (nSPS) is 20.0. The second-order valence-corrected chi connectivity index (χ2v) is 13.3. The fourth-order valence-electron chi connectivity index (χ4n) is 6.15. The molecule has 6 rings (SSSR count). The lowest BCUT2D eigenvalue weighted by Gasteiger charge is -2.36. The number of aromatic nitrogens is 1. The average Bonchev–Trinajstić information content (AvgIpc) is 3.24. The fourth-order valence-corrected chi connectivity index (χ4v) is 7.62. The summed E-state index contributed by atoms with van der Waals surface area (Å²) in [5.41, 5.74) is 2.31. The van der Waals surface area contributed by atoms with Gasteiger partial charge in [-0.15, -0.1) is 0 Å². The molecule has 4 heterocycles. The number of amides is 1. The van der Waals surface area contributed by atoms with Crippen LogP contribution in [0.5, 0.6) is 0 Å². The van der Waals surface area contributed by atoms with Gasteiger partial charge in [-0.1, -0.05) is 18.2 Å². The van der Waals surface area contributed by atoms with Crippen LogP contribution in [0.15, 0.2) is 65.7 Å². The summed E-state index contributed by atoms with van der Waals surface area (Å²) in [6, 6.07) is 14.9. The summed E-state index contributed by atoms with van der Waals surface area (Å²) in [6.45, 7) is 2.27. The van der Waals surface area contributed by atoms with E-state index in [1.807, 2.05) is 12.1 Å². The average molecular weight is 600 g/mol. The van der Waals surface area contributed by atoms with E-state index in [2.05, 4.69) is 33.6 Å². The van der Waals surface area contributed by atoms with Gasteiger partial charge in [0.2, 0.25) is 15.9 Å². The number of carbonyl (C=O) groups is 1. The zero-order valence-electron chi connectivity index (χ0n) is 23.1. The van der Waals surface area contributed by atoms with Crippen molar-refractivity contribution in [3.8, 4) is 11.1 Å². The number of alkyl halides is 3. The maximum absolute atomic E-state index is 13.4. The molecule has 2 fully saturated rings. The summed E-state index contributed by atoms with van der Waals surface area (Å²) in [7, 11) is -1.66. The van der Waals surface area contributed by atoms with Crippen LogP contribution < -0.4 is 10.6 Å². The van der Waals surface area contributed by atoms with Gasteiger partial charge in [0.25, 0.3) is 0 Å². The van der Waals surface area contributed by atoms with Gasteiger partial charge in [-0.3, -0.25) is 4.79 Å². The zero-order valence-corrected chi connectivity index (χ0v) is 23.9. The molecule has 0 aliphatic carbocycles. The Hall–Kier alpha value is -3.48. The molecule has 0 unspecified atom stereocenters. The lowest BCUT2D eigenvalue weighted by atomic mass is 9.73. The highest BCUT2D eigenvalue weighted by Crippen LogP contribution is 2.46. The second-order valence-electron chi connectivity index (χ2n) is 11.4. The molecule has 3 aliphatic heterocycles. The molecule has 2 N–H and O–H groups in total. The van der Waals surface area contributed by atoms with Crippen LogP contribution in [0, 0.1) is 0 Å². The van der Waals surface area contributed by atoms with Crippen LogP contribution in [0.2, 0.25) is 0 Å². The van der Waals surface area contributed by atoms with Gasteiger partial charge < -0.3 is 15.5 Å². The second kappa shape index (κ2) is 10.7. The van der Waals surface area contributed by atoms with Crippen LogP contribution in [0.1, 0.15) is 36.8 Å². The molecule has 0 atom stereocenters. The molecule has 8 nitrogen and oxygen atoms in total. The molecule has 42 heavy (non-hydrogen) atoms. The third-order valence-electron chi connectivity index (χ3n) is 8.78.